The fourth-order valence-corrected chi connectivity index (χ4v) is 7.78. The topological polar surface area (TPSA) is 127 Å². The number of methoxy groups -OCH3 is 1. The summed E-state index contributed by atoms with van der Waals surface area (Å²) in [5, 5.41) is 13.8. The van der Waals surface area contributed by atoms with Gasteiger partial charge in [-0.05, 0) is 110 Å². The van der Waals surface area contributed by atoms with Gasteiger partial charge in [0, 0.05) is 11.8 Å². The number of unbranched alkanes of at least 4 members (excludes halogenated alkanes) is 1. The van der Waals surface area contributed by atoms with Crippen molar-refractivity contribution in [1.29, 1.82) is 0 Å². The molecule has 1 aromatic heterocycles. The van der Waals surface area contributed by atoms with Crippen LogP contribution in [0.15, 0.2) is 41.5 Å². The summed E-state index contributed by atoms with van der Waals surface area (Å²) in [6.07, 6.45) is 9.92. The van der Waals surface area contributed by atoms with Crippen LogP contribution in [0.2, 0.25) is 0 Å². The monoisotopic (exact) mass is 685 g/mol. The van der Waals surface area contributed by atoms with Crippen LogP contribution in [0.1, 0.15) is 77.6 Å². The number of hydrogen-bond acceptors (Lipinski definition) is 7. The predicted octanol–water partition coefficient (Wildman–Crippen LogP) is 6.64. The first-order chi connectivity index (χ1) is 21.6. The van der Waals surface area contributed by atoms with Crippen LogP contribution in [0.25, 0.3) is 10.9 Å². The Morgan fingerprint density at radius 1 is 1.22 bits per heavy atom. The molecule has 3 aliphatic rings. The predicted molar refractivity (Wildman–Crippen MR) is 173 cm³/mol. The van der Waals surface area contributed by atoms with E-state index >= 15 is 0 Å². The first-order valence-electron chi connectivity index (χ1n) is 16.1. The van der Waals surface area contributed by atoms with Gasteiger partial charge >= 0.3 is 12.1 Å². The molecule has 2 heterocycles. The van der Waals surface area contributed by atoms with E-state index in [-0.39, 0.29) is 24.8 Å². The molecule has 0 spiro atoms. The molecular formula is C34H44BrN3O7. The highest BCUT2D eigenvalue weighted by Crippen LogP contribution is 2.42. The fourth-order valence-electron chi connectivity index (χ4n) is 7.38. The number of carbonyl (C=O) groups excluding carboxylic acids is 2. The van der Waals surface area contributed by atoms with E-state index in [4.69, 9.17) is 14.2 Å². The molecule has 2 saturated carbocycles. The van der Waals surface area contributed by atoms with Crippen molar-refractivity contribution in [3.8, 4) is 11.5 Å². The van der Waals surface area contributed by atoms with Crippen molar-refractivity contribution in [2.24, 2.45) is 11.8 Å². The van der Waals surface area contributed by atoms with Gasteiger partial charge in [-0.1, -0.05) is 18.9 Å². The molecule has 0 bridgehead atoms. The molecule has 2 aliphatic carbocycles. The van der Waals surface area contributed by atoms with Crippen molar-refractivity contribution in [1.82, 2.24) is 15.2 Å². The number of aliphatic carboxylic acids is 1. The van der Waals surface area contributed by atoms with E-state index in [1.807, 2.05) is 37.3 Å². The van der Waals surface area contributed by atoms with E-state index in [0.29, 0.717) is 16.1 Å². The molecule has 244 valence electrons. The van der Waals surface area contributed by atoms with Crippen LogP contribution in [0.4, 0.5) is 4.79 Å². The summed E-state index contributed by atoms with van der Waals surface area (Å²) in [6.45, 7) is 5.87. The zero-order valence-electron chi connectivity index (χ0n) is 26.1. The van der Waals surface area contributed by atoms with Crippen LogP contribution >= 0.6 is 15.9 Å². The number of allylic oxidation sites excluding steroid dienone is 1. The highest BCUT2D eigenvalue weighted by atomic mass is 79.9. The van der Waals surface area contributed by atoms with Crippen LogP contribution in [0.5, 0.6) is 11.5 Å². The van der Waals surface area contributed by atoms with Gasteiger partial charge in [0.15, 0.2) is 5.75 Å². The Labute approximate surface area is 273 Å². The van der Waals surface area contributed by atoms with Crippen molar-refractivity contribution in [3.63, 3.8) is 0 Å². The third kappa shape index (κ3) is 7.56. The summed E-state index contributed by atoms with van der Waals surface area (Å²) in [6, 6.07) is 5.38. The smallest absolute Gasteiger partial charge is 0.408 e. The lowest BCUT2D eigenvalue weighted by atomic mass is 9.88. The molecular weight excluding hydrogens is 642 g/mol. The first-order valence-corrected chi connectivity index (χ1v) is 16.9. The highest BCUT2D eigenvalue weighted by Gasteiger charge is 2.47. The number of hydrogen-bond donors (Lipinski definition) is 2. The number of fused-ring (bicyclic) bond motifs is 1. The standard InChI is InChI=1S/C34H44BrN3O7/c1-4-5-6-12-23-13-9-16-34(23,2)45-33(42)37-29(21-10-7-8-11-21)31(39)38-20-25(19-27(38)32(40)41)44-28-18-22-17-24(43-3)14-15-26(22)36-30(28)35/h4,14-15,17-18,21,23,25,27,29H,1,5-13,16,19-20H2,2-3H3,(H,37,42)(H,40,41)/t23-,25-,27+,29+,34+/m1/s1. The number of aromatic nitrogens is 1. The minimum Gasteiger partial charge on any atom is -0.497 e. The Morgan fingerprint density at radius 3 is 2.71 bits per heavy atom. The van der Waals surface area contributed by atoms with Crippen LogP contribution in [0.3, 0.4) is 0 Å². The summed E-state index contributed by atoms with van der Waals surface area (Å²) in [5.41, 5.74) is 0.143. The third-order valence-corrected chi connectivity index (χ3v) is 10.4. The number of benzene rings is 1. The molecule has 3 fully saturated rings. The van der Waals surface area contributed by atoms with Crippen molar-refractivity contribution >= 4 is 44.8 Å². The van der Waals surface area contributed by atoms with E-state index in [9.17, 15) is 19.5 Å². The second kappa shape index (κ2) is 14.4. The number of rotatable bonds is 12. The summed E-state index contributed by atoms with van der Waals surface area (Å²) < 4.78 is 18.2. The second-order valence-electron chi connectivity index (χ2n) is 12.8. The van der Waals surface area contributed by atoms with Gasteiger partial charge in [-0.25, -0.2) is 14.6 Å². The van der Waals surface area contributed by atoms with Gasteiger partial charge in [-0.2, -0.15) is 0 Å². The molecule has 5 atom stereocenters. The van der Waals surface area contributed by atoms with Crippen LogP contribution in [-0.4, -0.2) is 70.4 Å². The average molecular weight is 687 g/mol. The molecule has 10 nitrogen and oxygen atoms in total. The molecule has 2 N–H and O–H groups in total. The van der Waals surface area contributed by atoms with Gasteiger partial charge in [0.05, 0.1) is 19.2 Å². The minimum absolute atomic E-state index is 0.0709. The number of carboxylic acids is 1. The van der Waals surface area contributed by atoms with Crippen molar-refractivity contribution in [3.05, 3.63) is 41.5 Å². The Hall–Kier alpha value is -3.34. The molecule has 1 aromatic carbocycles. The third-order valence-electron chi connectivity index (χ3n) is 9.85. The number of carbonyl (C=O) groups is 3. The van der Waals surface area contributed by atoms with Crippen molar-refractivity contribution < 1.29 is 33.7 Å². The number of amides is 2. The van der Waals surface area contributed by atoms with Crippen LogP contribution < -0.4 is 14.8 Å². The van der Waals surface area contributed by atoms with E-state index in [1.54, 1.807) is 7.11 Å². The first kappa shape index (κ1) is 33.0. The van der Waals surface area contributed by atoms with E-state index in [0.717, 1.165) is 75.1 Å². The highest BCUT2D eigenvalue weighted by molar-refractivity contribution is 9.10. The fraction of sp³-hybridized carbons (Fsp3) is 0.588. The normalized spacial score (nSPS) is 25.7. The molecule has 2 aromatic rings. The van der Waals surface area contributed by atoms with Crippen molar-refractivity contribution in [2.75, 3.05) is 13.7 Å². The molecule has 5 rings (SSSR count). The number of carboxylic acid groups (broad SMARTS) is 1. The quantitative estimate of drug-likeness (QED) is 0.145. The second-order valence-corrected chi connectivity index (χ2v) is 13.6. The number of ether oxygens (including phenoxy) is 3. The number of pyridine rings is 1. The largest absolute Gasteiger partial charge is 0.497 e. The SMILES string of the molecule is C=CCCC[C@@H]1CCC[C@]1(C)OC(=O)N[C@H](C(=O)N1C[C@H](Oc2cc3cc(OC)ccc3nc2Br)C[C@H]1C(=O)O)C1CCCC1. The maximum Gasteiger partial charge on any atom is 0.408 e. The lowest BCUT2D eigenvalue weighted by molar-refractivity contribution is -0.149. The Kier molecular flexibility index (Phi) is 10.6. The summed E-state index contributed by atoms with van der Waals surface area (Å²) in [5.74, 6) is -0.230. The Morgan fingerprint density at radius 2 is 2.00 bits per heavy atom. The number of alkyl carbamates (subject to hydrolysis) is 1. The summed E-state index contributed by atoms with van der Waals surface area (Å²) >= 11 is 3.48. The summed E-state index contributed by atoms with van der Waals surface area (Å²) in [4.78, 5) is 45.9. The Balaban J connectivity index is 1.31. The van der Waals surface area contributed by atoms with Gasteiger partial charge in [0.1, 0.15) is 34.1 Å². The minimum atomic E-state index is -1.11. The Bertz CT molecular complexity index is 1410. The lowest BCUT2D eigenvalue weighted by Crippen LogP contribution is -2.55. The van der Waals surface area contributed by atoms with Crippen LogP contribution in [-0.2, 0) is 14.3 Å². The van der Waals surface area contributed by atoms with E-state index < -0.39 is 41.8 Å². The zero-order valence-corrected chi connectivity index (χ0v) is 27.7. The number of likely N-dealkylation sites (tertiary alicyclic amines) is 1. The number of nitrogens with one attached hydrogen (secondary N) is 1. The van der Waals surface area contributed by atoms with E-state index in [1.165, 1.54) is 4.90 Å². The van der Waals surface area contributed by atoms with Gasteiger partial charge < -0.3 is 29.5 Å². The average Bonchev–Trinajstić information content (AvgIpc) is 3.77. The van der Waals surface area contributed by atoms with Crippen molar-refractivity contribution in [2.45, 2.75) is 101 Å². The molecule has 0 unspecified atom stereocenters. The zero-order chi connectivity index (χ0) is 32.1. The van der Waals surface area contributed by atoms with Gasteiger partial charge in [-0.3, -0.25) is 4.79 Å². The maximum atomic E-state index is 14.1. The van der Waals surface area contributed by atoms with Gasteiger partial charge in [0.2, 0.25) is 5.91 Å². The number of halogens is 1. The number of nitrogens with zero attached hydrogens (tertiary/aromatic N) is 2. The van der Waals surface area contributed by atoms with Gasteiger partial charge in [0.25, 0.3) is 0 Å². The van der Waals surface area contributed by atoms with Crippen LogP contribution in [0, 0.1) is 11.8 Å². The molecule has 0 radical (unpaired) electrons. The molecule has 1 saturated heterocycles. The lowest BCUT2D eigenvalue weighted by Gasteiger charge is -2.34. The molecule has 11 heteroatoms. The maximum absolute atomic E-state index is 14.1. The molecule has 2 amide bonds. The van der Waals surface area contributed by atoms with Gasteiger partial charge in [-0.15, -0.1) is 6.58 Å². The van der Waals surface area contributed by atoms with E-state index in [2.05, 4.69) is 32.8 Å². The molecule has 45 heavy (non-hydrogen) atoms. The summed E-state index contributed by atoms with van der Waals surface area (Å²) in [7, 11) is 1.59. The molecule has 1 aliphatic heterocycles.